The van der Waals surface area contributed by atoms with Gasteiger partial charge in [-0.25, -0.2) is 0 Å². The van der Waals surface area contributed by atoms with Crippen molar-refractivity contribution in [3.05, 3.63) is 125 Å². The molecule has 6 nitrogen and oxygen atoms in total. The molecule has 0 aliphatic heterocycles. The van der Waals surface area contributed by atoms with Crippen molar-refractivity contribution in [1.29, 1.82) is 0 Å². The van der Waals surface area contributed by atoms with Gasteiger partial charge in [-0.05, 0) is 53.6 Å². The fraction of sp³-hybridized carbons (Fsp3) is 0.0645. The van der Waals surface area contributed by atoms with Crippen LogP contribution in [0.3, 0.4) is 0 Å². The van der Waals surface area contributed by atoms with Crippen molar-refractivity contribution in [3.63, 3.8) is 0 Å². The van der Waals surface area contributed by atoms with E-state index in [4.69, 9.17) is 4.74 Å². The number of ether oxygens (including phenoxy) is 1. The molecular weight excluding hydrogens is 462 g/mol. The van der Waals surface area contributed by atoms with Crippen molar-refractivity contribution in [3.8, 4) is 5.75 Å². The van der Waals surface area contributed by atoms with E-state index in [0.717, 1.165) is 27.7 Å². The van der Waals surface area contributed by atoms with E-state index in [2.05, 4.69) is 15.5 Å². The van der Waals surface area contributed by atoms with E-state index in [1.807, 2.05) is 72.8 Å². The monoisotopic (exact) mass is 487 g/mol. The molecule has 0 unspecified atom stereocenters. The molecule has 1 aromatic heterocycles. The van der Waals surface area contributed by atoms with Crippen molar-refractivity contribution >= 4 is 40.4 Å². The molecule has 0 bridgehead atoms. The van der Waals surface area contributed by atoms with Crippen molar-refractivity contribution in [2.45, 2.75) is 6.42 Å². The van der Waals surface area contributed by atoms with Gasteiger partial charge in [0.2, 0.25) is 5.91 Å². The number of benzene rings is 4. The number of anilines is 1. The molecule has 0 radical (unpaired) electrons. The van der Waals surface area contributed by atoms with Crippen LogP contribution in [0.1, 0.15) is 32.7 Å². The number of nitrogens with zero attached hydrogens (tertiary/aromatic N) is 1. The van der Waals surface area contributed by atoms with Gasteiger partial charge in [-0.15, -0.1) is 0 Å². The first kappa shape index (κ1) is 23.8. The highest BCUT2D eigenvalue weighted by atomic mass is 16.5. The van der Waals surface area contributed by atoms with E-state index < -0.39 is 0 Å². The predicted octanol–water partition coefficient (Wildman–Crippen LogP) is 6.15. The van der Waals surface area contributed by atoms with Crippen LogP contribution in [0.25, 0.3) is 23.1 Å². The highest BCUT2D eigenvalue weighted by Gasteiger charge is 2.13. The molecule has 182 valence electrons. The smallest absolute Gasteiger partial charge is 0.228 e. The standard InChI is InChI=1S/C31H25N3O3/c1-37-26-12-5-9-22(17-26)18-30(35)32-25-11-6-10-23(19-25)31(36)24-14-15-27-28(33-34-29(27)20-24)16-13-21-7-3-2-4-8-21/h2-17,19-20H,18H2,1H3,(H,32,35)(H,33,34)/b16-13+. The number of ketones is 1. The zero-order chi connectivity index (χ0) is 25.6. The van der Waals surface area contributed by atoms with Crippen LogP contribution >= 0.6 is 0 Å². The van der Waals surface area contributed by atoms with Crippen molar-refractivity contribution in [1.82, 2.24) is 10.2 Å². The second-order valence-corrected chi connectivity index (χ2v) is 8.60. The quantitative estimate of drug-likeness (QED) is 0.257. The highest BCUT2D eigenvalue weighted by molar-refractivity contribution is 6.11. The Kier molecular flexibility index (Phi) is 6.90. The van der Waals surface area contributed by atoms with E-state index in [9.17, 15) is 9.59 Å². The fourth-order valence-corrected chi connectivity index (χ4v) is 4.13. The second kappa shape index (κ2) is 10.7. The third kappa shape index (κ3) is 5.65. The van der Waals surface area contributed by atoms with Crippen LogP contribution < -0.4 is 10.1 Å². The first-order chi connectivity index (χ1) is 18.1. The summed E-state index contributed by atoms with van der Waals surface area (Å²) in [6.07, 6.45) is 4.16. The Bertz CT molecular complexity index is 1600. The maximum Gasteiger partial charge on any atom is 0.228 e. The first-order valence-electron chi connectivity index (χ1n) is 11.9. The Labute approximate surface area is 214 Å². The Morgan fingerprint density at radius 3 is 2.51 bits per heavy atom. The molecule has 5 aromatic rings. The zero-order valence-corrected chi connectivity index (χ0v) is 20.3. The summed E-state index contributed by atoms with van der Waals surface area (Å²) in [5, 5.41) is 11.2. The maximum atomic E-state index is 13.2. The molecule has 37 heavy (non-hydrogen) atoms. The summed E-state index contributed by atoms with van der Waals surface area (Å²) in [6.45, 7) is 0. The number of rotatable bonds is 8. The van der Waals surface area contributed by atoms with Gasteiger partial charge in [0, 0.05) is 22.2 Å². The molecule has 1 amide bonds. The topological polar surface area (TPSA) is 84.1 Å². The van der Waals surface area contributed by atoms with Gasteiger partial charge in [0.25, 0.3) is 0 Å². The minimum Gasteiger partial charge on any atom is -0.497 e. The van der Waals surface area contributed by atoms with E-state index in [-0.39, 0.29) is 18.1 Å². The van der Waals surface area contributed by atoms with Gasteiger partial charge in [-0.3, -0.25) is 14.7 Å². The number of methoxy groups -OCH3 is 1. The molecule has 0 saturated carbocycles. The summed E-state index contributed by atoms with van der Waals surface area (Å²) in [4.78, 5) is 25.8. The number of carbonyl (C=O) groups excluding carboxylic acids is 2. The number of hydrogen-bond acceptors (Lipinski definition) is 4. The first-order valence-corrected chi connectivity index (χ1v) is 11.9. The second-order valence-electron chi connectivity index (χ2n) is 8.60. The Balaban J connectivity index is 1.30. The van der Waals surface area contributed by atoms with Gasteiger partial charge >= 0.3 is 0 Å². The molecule has 0 atom stereocenters. The molecule has 0 spiro atoms. The largest absolute Gasteiger partial charge is 0.497 e. The molecule has 5 rings (SSSR count). The molecule has 2 N–H and O–H groups in total. The van der Waals surface area contributed by atoms with Gasteiger partial charge in [-0.1, -0.05) is 66.7 Å². The lowest BCUT2D eigenvalue weighted by Gasteiger charge is -2.08. The lowest BCUT2D eigenvalue weighted by atomic mass is 10.0. The Hall–Kier alpha value is -4.97. The Morgan fingerprint density at radius 2 is 1.68 bits per heavy atom. The summed E-state index contributed by atoms with van der Waals surface area (Å²) in [5.74, 6) is 0.390. The van der Waals surface area contributed by atoms with Crippen LogP contribution in [0.2, 0.25) is 0 Å². The van der Waals surface area contributed by atoms with E-state index in [0.29, 0.717) is 22.6 Å². The van der Waals surface area contributed by atoms with Crippen LogP contribution in [-0.4, -0.2) is 29.0 Å². The molecular formula is C31H25N3O3. The van der Waals surface area contributed by atoms with E-state index >= 15 is 0 Å². The van der Waals surface area contributed by atoms with Crippen molar-refractivity contribution in [2.75, 3.05) is 12.4 Å². The third-order valence-corrected chi connectivity index (χ3v) is 6.00. The number of nitrogens with one attached hydrogen (secondary N) is 2. The third-order valence-electron chi connectivity index (χ3n) is 6.00. The number of aromatic nitrogens is 2. The number of hydrogen-bond donors (Lipinski definition) is 2. The number of fused-ring (bicyclic) bond motifs is 1. The molecule has 0 aliphatic rings. The van der Waals surface area contributed by atoms with Gasteiger partial charge in [0.1, 0.15) is 5.75 Å². The van der Waals surface area contributed by atoms with E-state index in [1.165, 1.54) is 0 Å². The van der Waals surface area contributed by atoms with Crippen molar-refractivity contribution in [2.24, 2.45) is 0 Å². The fourth-order valence-electron chi connectivity index (χ4n) is 4.13. The number of amides is 1. The normalized spacial score (nSPS) is 11.1. The van der Waals surface area contributed by atoms with Crippen LogP contribution in [0.5, 0.6) is 5.75 Å². The van der Waals surface area contributed by atoms with Crippen LogP contribution in [0, 0.1) is 0 Å². The molecule has 1 heterocycles. The summed E-state index contributed by atoms with van der Waals surface area (Å²) in [6, 6.07) is 29.8. The van der Waals surface area contributed by atoms with Gasteiger partial charge in [0.05, 0.1) is 24.7 Å². The average Bonchev–Trinajstić information content (AvgIpc) is 3.34. The molecule has 0 saturated heterocycles. The lowest BCUT2D eigenvalue weighted by Crippen LogP contribution is -2.15. The van der Waals surface area contributed by atoms with Gasteiger partial charge < -0.3 is 10.1 Å². The maximum absolute atomic E-state index is 13.2. The van der Waals surface area contributed by atoms with Crippen molar-refractivity contribution < 1.29 is 14.3 Å². The minimum absolute atomic E-state index is 0.137. The highest BCUT2D eigenvalue weighted by Crippen LogP contribution is 2.22. The van der Waals surface area contributed by atoms with Crippen LogP contribution in [0.15, 0.2) is 97.1 Å². The van der Waals surface area contributed by atoms with Crippen LogP contribution in [0.4, 0.5) is 5.69 Å². The van der Waals surface area contributed by atoms with Crippen LogP contribution in [-0.2, 0) is 11.2 Å². The van der Waals surface area contributed by atoms with Gasteiger partial charge in [0.15, 0.2) is 5.78 Å². The molecule has 6 heteroatoms. The lowest BCUT2D eigenvalue weighted by molar-refractivity contribution is -0.115. The Morgan fingerprint density at radius 1 is 0.865 bits per heavy atom. The number of carbonyl (C=O) groups is 2. The predicted molar refractivity (Wildman–Crippen MR) is 147 cm³/mol. The summed E-state index contributed by atoms with van der Waals surface area (Å²) < 4.78 is 5.22. The molecule has 0 fully saturated rings. The summed E-state index contributed by atoms with van der Waals surface area (Å²) in [5.41, 5.74) is 5.10. The van der Waals surface area contributed by atoms with E-state index in [1.54, 1.807) is 43.5 Å². The SMILES string of the molecule is COc1cccc(CC(=O)Nc2cccc(C(=O)c3ccc4c(/C=C/c5ccccc5)n[nH]c4c3)c2)c1. The molecule has 0 aliphatic carbocycles. The molecule has 4 aromatic carbocycles. The van der Waals surface area contributed by atoms with Gasteiger partial charge in [-0.2, -0.15) is 5.10 Å². The summed E-state index contributed by atoms with van der Waals surface area (Å²) >= 11 is 0. The summed E-state index contributed by atoms with van der Waals surface area (Å²) in [7, 11) is 1.59. The number of aromatic amines is 1. The number of H-pyrrole nitrogens is 1. The zero-order valence-electron chi connectivity index (χ0n) is 20.3. The average molecular weight is 488 g/mol. The minimum atomic E-state index is -0.173.